The summed E-state index contributed by atoms with van der Waals surface area (Å²) in [5.74, 6) is 0. The van der Waals surface area contributed by atoms with Crippen molar-refractivity contribution in [1.82, 2.24) is 0 Å². The van der Waals surface area contributed by atoms with Gasteiger partial charge in [0.15, 0.2) is 0 Å². The number of rotatable bonds is 4. The fourth-order valence-electron chi connectivity index (χ4n) is 1.15. The average Bonchev–Trinajstić information content (AvgIpc) is 2.27. The lowest BCUT2D eigenvalue weighted by molar-refractivity contribution is -0.384. The van der Waals surface area contributed by atoms with Crippen molar-refractivity contribution in [3.63, 3.8) is 0 Å². The Labute approximate surface area is 95.9 Å². The second-order valence-corrected chi connectivity index (χ2v) is 4.52. The Morgan fingerprint density at radius 1 is 1.31 bits per heavy atom. The van der Waals surface area contributed by atoms with Gasteiger partial charge in [0, 0.05) is 12.1 Å². The number of hydrogen-bond donors (Lipinski definition) is 0. The van der Waals surface area contributed by atoms with E-state index < -0.39 is 0 Å². The molecule has 1 aromatic rings. The van der Waals surface area contributed by atoms with E-state index in [2.05, 4.69) is 26.8 Å². The highest BCUT2D eigenvalue weighted by Gasteiger charge is 2.09. The Hall–Kier alpha value is -1.64. The van der Waals surface area contributed by atoms with Gasteiger partial charge in [0.25, 0.3) is 5.69 Å². The Balaban J connectivity index is 2.80. The van der Waals surface area contributed by atoms with E-state index in [1.165, 1.54) is 12.1 Å². The lowest BCUT2D eigenvalue weighted by atomic mass is 9.89. The molecule has 0 saturated carbocycles. The van der Waals surface area contributed by atoms with Crippen LogP contribution in [0.15, 0.2) is 30.3 Å². The second kappa shape index (κ2) is 4.92. The van der Waals surface area contributed by atoms with Gasteiger partial charge in [-0.1, -0.05) is 32.9 Å². The third kappa shape index (κ3) is 3.50. The summed E-state index contributed by atoms with van der Waals surface area (Å²) < 4.78 is 0. The van der Waals surface area contributed by atoms with Gasteiger partial charge >= 0.3 is 0 Å². The van der Waals surface area contributed by atoms with Gasteiger partial charge in [-0.2, -0.15) is 0 Å². The van der Waals surface area contributed by atoms with Gasteiger partial charge < -0.3 is 0 Å². The van der Waals surface area contributed by atoms with Gasteiger partial charge in [-0.05, 0) is 29.5 Å². The molecule has 0 fully saturated rings. The minimum Gasteiger partial charge on any atom is -0.258 e. The summed E-state index contributed by atoms with van der Waals surface area (Å²) in [6.45, 7) is 6.46. The van der Waals surface area contributed by atoms with Crippen LogP contribution >= 0.6 is 0 Å². The van der Waals surface area contributed by atoms with Crippen LogP contribution < -0.4 is 0 Å². The molecule has 0 radical (unpaired) electrons. The SMILES string of the molecule is CCC(C)(C)/C=C/c1ccc([N+](=O)[O-])cc1. The van der Waals surface area contributed by atoms with Gasteiger partial charge in [0.1, 0.15) is 0 Å². The molecule has 3 heteroatoms. The van der Waals surface area contributed by atoms with E-state index in [4.69, 9.17) is 0 Å². The van der Waals surface area contributed by atoms with E-state index >= 15 is 0 Å². The zero-order valence-electron chi connectivity index (χ0n) is 9.93. The standard InChI is InChI=1S/C13H17NO2/c1-4-13(2,3)10-9-11-5-7-12(8-6-11)14(15)16/h5-10H,4H2,1-3H3/b10-9+. The molecule has 0 N–H and O–H groups in total. The first kappa shape index (κ1) is 12.4. The Morgan fingerprint density at radius 3 is 2.31 bits per heavy atom. The van der Waals surface area contributed by atoms with Crippen LogP contribution in [0.2, 0.25) is 0 Å². The molecule has 0 aliphatic heterocycles. The van der Waals surface area contributed by atoms with E-state index in [1.807, 2.05) is 6.08 Å². The maximum absolute atomic E-state index is 10.5. The highest BCUT2D eigenvalue weighted by Crippen LogP contribution is 2.23. The number of nitro groups is 1. The average molecular weight is 219 g/mol. The molecular weight excluding hydrogens is 202 g/mol. The summed E-state index contributed by atoms with van der Waals surface area (Å²) in [5, 5.41) is 10.5. The fourth-order valence-corrected chi connectivity index (χ4v) is 1.15. The van der Waals surface area contributed by atoms with E-state index in [9.17, 15) is 10.1 Å². The normalized spacial score (nSPS) is 11.9. The van der Waals surface area contributed by atoms with Crippen LogP contribution in [0, 0.1) is 15.5 Å². The Bertz CT molecular complexity index is 391. The first-order chi connectivity index (χ1) is 7.44. The van der Waals surface area contributed by atoms with Crippen LogP contribution in [0.5, 0.6) is 0 Å². The van der Waals surface area contributed by atoms with E-state index in [1.54, 1.807) is 12.1 Å². The van der Waals surface area contributed by atoms with Gasteiger partial charge in [0.05, 0.1) is 4.92 Å². The molecule has 1 rings (SSSR count). The number of nitro benzene ring substituents is 1. The molecular formula is C13H17NO2. The van der Waals surface area contributed by atoms with Crippen molar-refractivity contribution < 1.29 is 4.92 Å². The van der Waals surface area contributed by atoms with Gasteiger partial charge in [-0.3, -0.25) is 10.1 Å². The van der Waals surface area contributed by atoms with Gasteiger partial charge in [-0.25, -0.2) is 0 Å². The number of allylic oxidation sites excluding steroid dienone is 1. The molecule has 0 heterocycles. The van der Waals surface area contributed by atoms with Crippen LogP contribution in [0.25, 0.3) is 6.08 Å². The van der Waals surface area contributed by atoms with Crippen LogP contribution in [0.1, 0.15) is 32.8 Å². The third-order valence-corrected chi connectivity index (χ3v) is 2.74. The second-order valence-electron chi connectivity index (χ2n) is 4.52. The van der Waals surface area contributed by atoms with Crippen LogP contribution in [0.4, 0.5) is 5.69 Å². The van der Waals surface area contributed by atoms with Crippen molar-refractivity contribution in [2.24, 2.45) is 5.41 Å². The van der Waals surface area contributed by atoms with Gasteiger partial charge in [0.2, 0.25) is 0 Å². The minimum atomic E-state index is -0.385. The van der Waals surface area contributed by atoms with E-state index in [0.717, 1.165) is 12.0 Å². The first-order valence-electron chi connectivity index (χ1n) is 5.38. The molecule has 0 spiro atoms. The summed E-state index contributed by atoms with van der Waals surface area (Å²) in [4.78, 5) is 10.1. The van der Waals surface area contributed by atoms with Gasteiger partial charge in [-0.15, -0.1) is 0 Å². The fraction of sp³-hybridized carbons (Fsp3) is 0.385. The van der Waals surface area contributed by atoms with E-state index in [-0.39, 0.29) is 16.0 Å². The molecule has 0 atom stereocenters. The molecule has 0 unspecified atom stereocenters. The number of benzene rings is 1. The lowest BCUT2D eigenvalue weighted by Gasteiger charge is -2.16. The largest absolute Gasteiger partial charge is 0.269 e. The zero-order valence-corrected chi connectivity index (χ0v) is 9.93. The number of nitrogens with zero attached hydrogens (tertiary/aromatic N) is 1. The highest BCUT2D eigenvalue weighted by molar-refractivity contribution is 5.52. The van der Waals surface area contributed by atoms with Crippen LogP contribution in [-0.2, 0) is 0 Å². The lowest BCUT2D eigenvalue weighted by Crippen LogP contribution is -2.03. The topological polar surface area (TPSA) is 43.1 Å². The quantitative estimate of drug-likeness (QED) is 0.566. The molecule has 86 valence electrons. The first-order valence-corrected chi connectivity index (χ1v) is 5.38. The summed E-state index contributed by atoms with van der Waals surface area (Å²) in [6, 6.07) is 6.58. The minimum absolute atomic E-state index is 0.131. The highest BCUT2D eigenvalue weighted by atomic mass is 16.6. The van der Waals surface area contributed by atoms with Crippen molar-refractivity contribution in [3.8, 4) is 0 Å². The zero-order chi connectivity index (χ0) is 12.2. The molecule has 0 amide bonds. The molecule has 0 aliphatic rings. The van der Waals surface area contributed by atoms with Crippen molar-refractivity contribution in [2.75, 3.05) is 0 Å². The number of non-ortho nitro benzene ring substituents is 1. The molecule has 1 aromatic carbocycles. The Kier molecular flexibility index (Phi) is 3.82. The van der Waals surface area contributed by atoms with E-state index in [0.29, 0.717) is 0 Å². The van der Waals surface area contributed by atoms with Crippen LogP contribution in [-0.4, -0.2) is 4.92 Å². The van der Waals surface area contributed by atoms with Crippen molar-refractivity contribution in [2.45, 2.75) is 27.2 Å². The summed E-state index contributed by atoms with van der Waals surface area (Å²) >= 11 is 0. The van der Waals surface area contributed by atoms with Crippen molar-refractivity contribution in [3.05, 3.63) is 46.0 Å². The van der Waals surface area contributed by atoms with Crippen LogP contribution in [0.3, 0.4) is 0 Å². The molecule has 0 bridgehead atoms. The Morgan fingerprint density at radius 2 is 1.88 bits per heavy atom. The molecule has 3 nitrogen and oxygen atoms in total. The van der Waals surface area contributed by atoms with Crippen molar-refractivity contribution in [1.29, 1.82) is 0 Å². The molecule has 0 aromatic heterocycles. The predicted octanol–water partition coefficient (Wildman–Crippen LogP) is 4.04. The maximum atomic E-state index is 10.5. The smallest absolute Gasteiger partial charge is 0.258 e. The third-order valence-electron chi connectivity index (χ3n) is 2.74. The molecule has 0 aliphatic carbocycles. The number of hydrogen-bond acceptors (Lipinski definition) is 2. The summed E-state index contributed by atoms with van der Waals surface area (Å²) in [6.07, 6.45) is 5.21. The molecule has 16 heavy (non-hydrogen) atoms. The van der Waals surface area contributed by atoms with Crippen molar-refractivity contribution >= 4 is 11.8 Å². The predicted molar refractivity (Wildman–Crippen MR) is 66.2 cm³/mol. The summed E-state index contributed by atoms with van der Waals surface area (Å²) in [5.41, 5.74) is 1.29. The maximum Gasteiger partial charge on any atom is 0.269 e. The molecule has 0 saturated heterocycles. The summed E-state index contributed by atoms with van der Waals surface area (Å²) in [7, 11) is 0. The monoisotopic (exact) mass is 219 g/mol.